The molecule has 2 amide bonds. The number of carbonyl (C=O) groups is 2. The fourth-order valence-corrected chi connectivity index (χ4v) is 6.43. The van der Waals surface area contributed by atoms with Crippen LogP contribution in [-0.4, -0.2) is 44.7 Å². The number of ketones is 1. The van der Waals surface area contributed by atoms with Gasteiger partial charge in [0.2, 0.25) is 5.95 Å². The Balaban J connectivity index is 1.20. The molecule has 10 heteroatoms. The van der Waals surface area contributed by atoms with E-state index in [0.717, 1.165) is 65.5 Å². The normalized spacial score (nSPS) is 14.2. The average Bonchev–Trinajstić information content (AvgIpc) is 3.50. The molecule has 50 heavy (non-hydrogen) atoms. The van der Waals surface area contributed by atoms with Crippen LogP contribution in [0.5, 0.6) is 0 Å². The number of rotatable bonds is 9. The number of anilines is 4. The molecule has 258 valence electrons. The monoisotopic (exact) mass is 670 g/mol. The van der Waals surface area contributed by atoms with Crippen molar-refractivity contribution in [2.75, 3.05) is 29.0 Å². The van der Waals surface area contributed by atoms with Gasteiger partial charge in [-0.15, -0.1) is 0 Å². The number of hydrogen-bond acceptors (Lipinski definition) is 7. The van der Waals surface area contributed by atoms with Gasteiger partial charge in [0.1, 0.15) is 5.82 Å². The van der Waals surface area contributed by atoms with Crippen LogP contribution in [0.15, 0.2) is 84.9 Å². The standard InChI is InChI=1S/C40H46N8O2/c1-25-10-16-33(17-11-25)48-35(24-34(47-48)40(4,5)6)46-39(50)45-31-14-12-28(13-15-31)36(29-18-20-41-21-19-29)37(49)30-8-7-9-32(23-30)44-38-42-26(2)22-27(3)43-38/h7-17,22-24,29,36,41H,18-21H2,1-6H3,(H,42,43,44)(H2,45,46,50). The van der Waals surface area contributed by atoms with Crippen molar-refractivity contribution in [3.8, 4) is 5.69 Å². The summed E-state index contributed by atoms with van der Waals surface area (Å²) in [5.41, 5.74) is 7.35. The molecule has 0 aliphatic carbocycles. The highest BCUT2D eigenvalue weighted by Crippen LogP contribution is 2.35. The summed E-state index contributed by atoms with van der Waals surface area (Å²) < 4.78 is 1.76. The zero-order valence-electron chi connectivity index (χ0n) is 29.7. The van der Waals surface area contributed by atoms with E-state index in [-0.39, 0.29) is 29.1 Å². The van der Waals surface area contributed by atoms with Gasteiger partial charge in [-0.05, 0) is 101 Å². The van der Waals surface area contributed by atoms with Crippen molar-refractivity contribution in [1.82, 2.24) is 25.1 Å². The molecule has 10 nitrogen and oxygen atoms in total. The smallest absolute Gasteiger partial charge is 0.324 e. The molecule has 5 aromatic rings. The number of benzene rings is 3. The van der Waals surface area contributed by atoms with Gasteiger partial charge in [-0.1, -0.05) is 62.7 Å². The van der Waals surface area contributed by atoms with E-state index in [9.17, 15) is 9.59 Å². The fraction of sp³-hybridized carbons (Fsp3) is 0.325. The lowest BCUT2D eigenvalue weighted by molar-refractivity contribution is 0.0916. The van der Waals surface area contributed by atoms with E-state index in [1.165, 1.54) is 0 Å². The number of urea groups is 1. The number of hydrogen-bond donors (Lipinski definition) is 4. The number of aryl methyl sites for hydroxylation is 3. The van der Waals surface area contributed by atoms with E-state index < -0.39 is 0 Å². The van der Waals surface area contributed by atoms with Crippen LogP contribution in [0, 0.1) is 26.7 Å². The van der Waals surface area contributed by atoms with Crippen LogP contribution in [0.25, 0.3) is 5.69 Å². The number of piperidine rings is 1. The van der Waals surface area contributed by atoms with E-state index in [2.05, 4.69) is 52.0 Å². The van der Waals surface area contributed by atoms with Gasteiger partial charge >= 0.3 is 6.03 Å². The van der Waals surface area contributed by atoms with E-state index >= 15 is 0 Å². The lowest BCUT2D eigenvalue weighted by atomic mass is 9.76. The highest BCUT2D eigenvalue weighted by atomic mass is 16.2. The van der Waals surface area contributed by atoms with E-state index in [0.29, 0.717) is 23.0 Å². The average molecular weight is 671 g/mol. The predicted molar refractivity (Wildman–Crippen MR) is 200 cm³/mol. The highest BCUT2D eigenvalue weighted by molar-refractivity contribution is 6.02. The van der Waals surface area contributed by atoms with Crippen LogP contribution in [0.3, 0.4) is 0 Å². The third-order valence-corrected chi connectivity index (χ3v) is 9.05. The first-order chi connectivity index (χ1) is 23.9. The molecular weight excluding hydrogens is 624 g/mol. The Morgan fingerprint density at radius 2 is 1.50 bits per heavy atom. The van der Waals surface area contributed by atoms with E-state index in [4.69, 9.17) is 5.10 Å². The molecule has 1 atom stereocenters. The molecule has 4 N–H and O–H groups in total. The van der Waals surface area contributed by atoms with Crippen LogP contribution in [0.1, 0.15) is 78.1 Å². The summed E-state index contributed by atoms with van der Waals surface area (Å²) in [6.45, 7) is 13.9. The first-order valence-electron chi connectivity index (χ1n) is 17.2. The Hall–Kier alpha value is -5.35. The van der Waals surface area contributed by atoms with Crippen molar-refractivity contribution >= 4 is 35.0 Å². The predicted octanol–water partition coefficient (Wildman–Crippen LogP) is 8.24. The molecule has 1 aliphatic rings. The van der Waals surface area contributed by atoms with Gasteiger partial charge in [0, 0.05) is 39.8 Å². The molecule has 0 bridgehead atoms. The van der Waals surface area contributed by atoms with Crippen molar-refractivity contribution in [2.45, 2.75) is 65.7 Å². The molecule has 0 saturated carbocycles. The van der Waals surface area contributed by atoms with Gasteiger partial charge in [-0.2, -0.15) is 5.10 Å². The SMILES string of the molecule is Cc1ccc(-n2nc(C(C)(C)C)cc2NC(=O)Nc2ccc(C(C(=O)c3cccc(Nc4nc(C)cc(C)n4)c3)C3CCNCC3)cc2)cc1. The van der Waals surface area contributed by atoms with Gasteiger partial charge < -0.3 is 16.0 Å². The molecule has 0 spiro atoms. The summed E-state index contributed by atoms with van der Waals surface area (Å²) in [5.74, 6) is 1.00. The number of nitrogens with zero attached hydrogens (tertiary/aromatic N) is 4. The van der Waals surface area contributed by atoms with Crippen LogP contribution in [0.2, 0.25) is 0 Å². The molecule has 1 saturated heterocycles. The van der Waals surface area contributed by atoms with Gasteiger partial charge in [-0.25, -0.2) is 19.4 Å². The lowest BCUT2D eigenvalue weighted by Crippen LogP contribution is -2.33. The number of Topliss-reactive ketones (excluding diaryl/α,β-unsaturated/α-hetero) is 1. The van der Waals surface area contributed by atoms with Crippen molar-refractivity contribution in [1.29, 1.82) is 0 Å². The second-order valence-corrected chi connectivity index (χ2v) is 14.2. The minimum absolute atomic E-state index is 0.0689. The Bertz CT molecular complexity index is 1950. The van der Waals surface area contributed by atoms with Gasteiger partial charge in [-0.3, -0.25) is 10.1 Å². The molecule has 3 heterocycles. The Labute approximate surface area is 294 Å². The first-order valence-corrected chi connectivity index (χ1v) is 17.2. The van der Waals surface area contributed by atoms with Crippen LogP contribution in [-0.2, 0) is 5.41 Å². The molecule has 1 aliphatic heterocycles. The fourth-order valence-electron chi connectivity index (χ4n) is 6.43. The minimum Gasteiger partial charge on any atom is -0.324 e. The molecule has 3 aromatic carbocycles. The maximum atomic E-state index is 14.3. The van der Waals surface area contributed by atoms with Crippen molar-refractivity contribution in [3.05, 3.63) is 119 Å². The highest BCUT2D eigenvalue weighted by Gasteiger charge is 2.32. The molecule has 6 rings (SSSR count). The maximum absolute atomic E-state index is 14.3. The topological polar surface area (TPSA) is 126 Å². The van der Waals surface area contributed by atoms with Gasteiger partial charge in [0.15, 0.2) is 5.78 Å². The minimum atomic E-state index is -0.380. The number of carbonyl (C=O) groups excluding carboxylic acids is 2. The second-order valence-electron chi connectivity index (χ2n) is 14.2. The first kappa shape index (κ1) is 34.5. The summed E-state index contributed by atoms with van der Waals surface area (Å²) in [5, 5.41) is 17.5. The second kappa shape index (κ2) is 14.6. The van der Waals surface area contributed by atoms with Gasteiger partial charge in [0.05, 0.1) is 17.3 Å². The van der Waals surface area contributed by atoms with E-state index in [1.54, 1.807) is 4.68 Å². The summed E-state index contributed by atoms with van der Waals surface area (Å²) in [7, 11) is 0. The summed E-state index contributed by atoms with van der Waals surface area (Å²) >= 11 is 0. The third-order valence-electron chi connectivity index (χ3n) is 9.05. The molecular formula is C40H46N8O2. The van der Waals surface area contributed by atoms with Crippen LogP contribution in [0.4, 0.5) is 27.9 Å². The number of nitrogens with one attached hydrogen (secondary N) is 4. The molecule has 0 radical (unpaired) electrons. The van der Waals surface area contributed by atoms with Crippen LogP contribution < -0.4 is 21.3 Å². The zero-order chi connectivity index (χ0) is 35.4. The lowest BCUT2D eigenvalue weighted by Gasteiger charge is -2.30. The molecule has 1 fully saturated rings. The van der Waals surface area contributed by atoms with Crippen molar-refractivity contribution < 1.29 is 9.59 Å². The van der Waals surface area contributed by atoms with E-state index in [1.807, 2.05) is 106 Å². The summed E-state index contributed by atoms with van der Waals surface area (Å²) in [4.78, 5) is 36.6. The summed E-state index contributed by atoms with van der Waals surface area (Å²) in [6, 6.07) is 26.7. The Kier molecular flexibility index (Phi) is 10.1. The third kappa shape index (κ3) is 8.26. The summed E-state index contributed by atoms with van der Waals surface area (Å²) in [6.07, 6.45) is 1.80. The number of aromatic nitrogens is 4. The van der Waals surface area contributed by atoms with Gasteiger partial charge in [0.25, 0.3) is 0 Å². The number of amides is 2. The Morgan fingerprint density at radius 1 is 0.820 bits per heavy atom. The van der Waals surface area contributed by atoms with Crippen molar-refractivity contribution in [3.63, 3.8) is 0 Å². The maximum Gasteiger partial charge on any atom is 0.324 e. The Morgan fingerprint density at radius 3 is 2.16 bits per heavy atom. The van der Waals surface area contributed by atoms with Crippen molar-refractivity contribution in [2.24, 2.45) is 5.92 Å². The quantitative estimate of drug-likeness (QED) is 0.116. The molecule has 2 aromatic heterocycles. The van der Waals surface area contributed by atoms with Crippen LogP contribution >= 0.6 is 0 Å². The zero-order valence-corrected chi connectivity index (χ0v) is 29.7. The largest absolute Gasteiger partial charge is 0.324 e. The molecule has 1 unspecified atom stereocenters.